The van der Waals surface area contributed by atoms with Gasteiger partial charge in [0.15, 0.2) is 0 Å². The van der Waals surface area contributed by atoms with Gasteiger partial charge in [-0.3, -0.25) is 0 Å². The van der Waals surface area contributed by atoms with Gasteiger partial charge in [-0.2, -0.15) is 0 Å². The van der Waals surface area contributed by atoms with Gasteiger partial charge in [0.1, 0.15) is 0 Å². The molecule has 0 saturated heterocycles. The van der Waals surface area contributed by atoms with E-state index in [2.05, 4.69) is 5.32 Å². The summed E-state index contributed by atoms with van der Waals surface area (Å²) in [4.78, 5) is 0. The van der Waals surface area contributed by atoms with Crippen LogP contribution in [-0.4, -0.2) is 35.1 Å². The molecule has 12 heavy (non-hydrogen) atoms. The van der Waals surface area contributed by atoms with E-state index in [1.807, 2.05) is 18.2 Å². The summed E-state index contributed by atoms with van der Waals surface area (Å²) in [5, 5.41) is 12.4. The fraction of sp³-hybridized carbons (Fsp3) is 0.250. The van der Waals surface area contributed by atoms with E-state index in [1.54, 1.807) is 0 Å². The third-order valence-electron chi connectivity index (χ3n) is 1.46. The van der Waals surface area contributed by atoms with Crippen LogP contribution in [0.2, 0.25) is 5.02 Å². The Kier molecular flexibility index (Phi) is 3.93. The van der Waals surface area contributed by atoms with E-state index in [-0.39, 0.29) is 6.61 Å². The van der Waals surface area contributed by atoms with Crippen molar-refractivity contribution in [2.75, 3.05) is 18.5 Å². The van der Waals surface area contributed by atoms with Crippen molar-refractivity contribution in [1.82, 2.24) is 0 Å². The fourth-order valence-electron chi connectivity index (χ4n) is 0.908. The SMILES string of the molecule is OCCNc1c(Cl)cccc1[AsH2]. The summed E-state index contributed by atoms with van der Waals surface area (Å²) in [6.07, 6.45) is 0. The van der Waals surface area contributed by atoms with Crippen LogP contribution in [0.3, 0.4) is 0 Å². The number of hydrogen-bond acceptors (Lipinski definition) is 2. The molecule has 2 nitrogen and oxygen atoms in total. The average Bonchev–Trinajstić information content (AvgIpc) is 2.04. The number of rotatable bonds is 3. The Morgan fingerprint density at radius 1 is 1.50 bits per heavy atom. The normalized spacial score (nSPS) is 9.92. The Balaban J connectivity index is 2.81. The molecule has 0 spiro atoms. The number of aliphatic hydroxyl groups is 1. The molecule has 66 valence electrons. The molecule has 0 fully saturated rings. The Bertz CT molecular complexity index is 247. The van der Waals surface area contributed by atoms with Gasteiger partial charge in [0.05, 0.1) is 0 Å². The predicted octanol–water partition coefficient (Wildman–Crippen LogP) is 0.00260. The van der Waals surface area contributed by atoms with Crippen LogP contribution in [0.25, 0.3) is 0 Å². The summed E-state index contributed by atoms with van der Waals surface area (Å²) in [5.74, 6) is 0. The summed E-state index contributed by atoms with van der Waals surface area (Å²) in [7, 11) is 0. The molecule has 1 atom stereocenters. The molecule has 2 N–H and O–H groups in total. The second-order valence-corrected chi connectivity index (χ2v) is 4.07. The minimum absolute atomic E-state index is 0.123. The number of para-hydroxylation sites is 1. The molecule has 0 aromatic heterocycles. The topological polar surface area (TPSA) is 32.3 Å². The van der Waals surface area contributed by atoms with E-state index in [4.69, 9.17) is 16.7 Å². The molecule has 0 aliphatic heterocycles. The Hall–Kier alpha value is -0.172. The number of benzene rings is 1. The van der Waals surface area contributed by atoms with Gasteiger partial charge in [-0.1, -0.05) is 0 Å². The standard InChI is InChI=1S/C8H11AsClNO/c9-6-2-1-3-7(10)8(6)11-4-5-12/h1-3,11-12H,4-5,9H2. The number of halogens is 1. The van der Waals surface area contributed by atoms with Gasteiger partial charge in [0.25, 0.3) is 0 Å². The number of hydrogen-bond donors (Lipinski definition) is 2. The minimum atomic E-state index is 0.123. The van der Waals surface area contributed by atoms with Crippen LogP contribution in [-0.2, 0) is 0 Å². The number of nitrogens with one attached hydrogen (secondary N) is 1. The maximum absolute atomic E-state index is 8.61. The van der Waals surface area contributed by atoms with E-state index in [0.717, 1.165) is 10.0 Å². The summed E-state index contributed by atoms with van der Waals surface area (Å²) in [6.45, 7) is 0.665. The first kappa shape index (κ1) is 9.91. The Labute approximate surface area is 85.4 Å². The third-order valence-corrected chi connectivity index (χ3v) is 2.78. The van der Waals surface area contributed by atoms with Gasteiger partial charge >= 0.3 is 85.3 Å². The zero-order valence-electron chi connectivity index (χ0n) is 6.55. The molecule has 1 rings (SSSR count). The molecule has 4 heteroatoms. The van der Waals surface area contributed by atoms with Crippen molar-refractivity contribution in [3.8, 4) is 0 Å². The van der Waals surface area contributed by atoms with Crippen molar-refractivity contribution in [2.24, 2.45) is 0 Å². The second kappa shape index (κ2) is 4.76. The second-order valence-electron chi connectivity index (χ2n) is 2.35. The van der Waals surface area contributed by atoms with Crippen LogP contribution in [0.5, 0.6) is 0 Å². The van der Waals surface area contributed by atoms with Gasteiger partial charge in [0.2, 0.25) is 0 Å². The molecule has 1 unspecified atom stereocenters. The molecule has 1 aromatic rings. The van der Waals surface area contributed by atoms with Crippen LogP contribution in [0, 0.1) is 0 Å². The third kappa shape index (κ3) is 2.41. The Morgan fingerprint density at radius 3 is 2.83 bits per heavy atom. The van der Waals surface area contributed by atoms with E-state index < -0.39 is 0 Å². The van der Waals surface area contributed by atoms with Gasteiger partial charge < -0.3 is 0 Å². The first-order valence-electron chi connectivity index (χ1n) is 3.64. The molecular weight excluding hydrogens is 236 g/mol. The molecule has 0 bridgehead atoms. The summed E-state index contributed by atoms with van der Waals surface area (Å²) >= 11 is 7.45. The van der Waals surface area contributed by atoms with Crippen LogP contribution in [0.1, 0.15) is 0 Å². The summed E-state index contributed by atoms with van der Waals surface area (Å²) in [6, 6.07) is 5.76. The van der Waals surface area contributed by atoms with Crippen LogP contribution < -0.4 is 9.67 Å². The molecule has 0 radical (unpaired) electrons. The zero-order valence-corrected chi connectivity index (χ0v) is 9.73. The van der Waals surface area contributed by atoms with Crippen LogP contribution in [0.15, 0.2) is 18.2 Å². The van der Waals surface area contributed by atoms with Crippen molar-refractivity contribution < 1.29 is 5.11 Å². The quantitative estimate of drug-likeness (QED) is 0.737. The first-order chi connectivity index (χ1) is 5.75. The van der Waals surface area contributed by atoms with Crippen molar-refractivity contribution in [2.45, 2.75) is 0 Å². The van der Waals surface area contributed by atoms with E-state index in [1.165, 1.54) is 16.9 Å². The molecule has 1 aromatic carbocycles. The van der Waals surface area contributed by atoms with E-state index >= 15 is 0 Å². The van der Waals surface area contributed by atoms with Crippen molar-refractivity contribution in [3.63, 3.8) is 0 Å². The molecule has 0 aliphatic rings. The van der Waals surface area contributed by atoms with Crippen molar-refractivity contribution >= 4 is 38.5 Å². The first-order valence-corrected chi connectivity index (χ1v) is 5.23. The molecule has 0 aliphatic carbocycles. The summed E-state index contributed by atoms with van der Waals surface area (Å²) < 4.78 is 1.16. The van der Waals surface area contributed by atoms with Gasteiger partial charge in [-0.15, -0.1) is 0 Å². The zero-order chi connectivity index (χ0) is 8.97. The number of aliphatic hydroxyl groups excluding tert-OH is 1. The average molecular weight is 248 g/mol. The molecule has 0 heterocycles. The van der Waals surface area contributed by atoms with Crippen molar-refractivity contribution in [1.29, 1.82) is 0 Å². The fourth-order valence-corrected chi connectivity index (χ4v) is 2.12. The van der Waals surface area contributed by atoms with Gasteiger partial charge in [0, 0.05) is 0 Å². The van der Waals surface area contributed by atoms with Crippen LogP contribution >= 0.6 is 11.6 Å². The van der Waals surface area contributed by atoms with Crippen molar-refractivity contribution in [3.05, 3.63) is 23.2 Å². The van der Waals surface area contributed by atoms with Gasteiger partial charge in [-0.25, -0.2) is 0 Å². The molecule has 0 saturated carbocycles. The summed E-state index contributed by atoms with van der Waals surface area (Å²) in [5.41, 5.74) is 0.938. The maximum atomic E-state index is 8.61. The Morgan fingerprint density at radius 2 is 2.25 bits per heavy atom. The molecule has 0 amide bonds. The molecular formula is C8H11AsClNO. The predicted molar refractivity (Wildman–Crippen MR) is 55.2 cm³/mol. The van der Waals surface area contributed by atoms with E-state index in [9.17, 15) is 0 Å². The van der Waals surface area contributed by atoms with Gasteiger partial charge in [-0.05, 0) is 0 Å². The number of anilines is 1. The van der Waals surface area contributed by atoms with E-state index in [0.29, 0.717) is 11.6 Å². The monoisotopic (exact) mass is 247 g/mol. The van der Waals surface area contributed by atoms with Crippen LogP contribution in [0.4, 0.5) is 5.69 Å².